The summed E-state index contributed by atoms with van der Waals surface area (Å²) < 4.78 is 11.2. The van der Waals surface area contributed by atoms with Crippen molar-refractivity contribution in [2.75, 3.05) is 0 Å². The SMILES string of the molecule is Cc1ccc(COc2ccc3c(CC(=O)O)coc3c2)c(C)n1. The summed E-state index contributed by atoms with van der Waals surface area (Å²) in [5, 5.41) is 9.68. The minimum atomic E-state index is -0.879. The first-order chi connectivity index (χ1) is 11.0. The van der Waals surface area contributed by atoms with Crippen LogP contribution in [0, 0.1) is 13.8 Å². The summed E-state index contributed by atoms with van der Waals surface area (Å²) in [5.74, 6) is -0.205. The van der Waals surface area contributed by atoms with Crippen molar-refractivity contribution in [1.29, 1.82) is 0 Å². The lowest BCUT2D eigenvalue weighted by molar-refractivity contribution is -0.136. The second kappa shape index (κ2) is 6.12. The maximum absolute atomic E-state index is 10.8. The number of benzene rings is 1. The molecule has 0 unspecified atom stereocenters. The van der Waals surface area contributed by atoms with Crippen LogP contribution in [0.1, 0.15) is 22.5 Å². The second-order valence-electron chi connectivity index (χ2n) is 5.48. The van der Waals surface area contributed by atoms with Crippen molar-refractivity contribution >= 4 is 16.9 Å². The number of nitrogens with zero attached hydrogens (tertiary/aromatic N) is 1. The monoisotopic (exact) mass is 311 g/mol. The van der Waals surface area contributed by atoms with Crippen LogP contribution < -0.4 is 4.74 Å². The number of carboxylic acid groups (broad SMARTS) is 1. The number of ether oxygens (including phenoxy) is 1. The molecule has 0 atom stereocenters. The molecule has 0 amide bonds. The Labute approximate surface area is 133 Å². The Balaban J connectivity index is 1.77. The van der Waals surface area contributed by atoms with Crippen molar-refractivity contribution in [3.8, 4) is 5.75 Å². The molecule has 1 aromatic carbocycles. The highest BCUT2D eigenvalue weighted by atomic mass is 16.5. The average molecular weight is 311 g/mol. The Hall–Kier alpha value is -2.82. The van der Waals surface area contributed by atoms with Gasteiger partial charge in [-0.2, -0.15) is 0 Å². The number of fused-ring (bicyclic) bond motifs is 1. The first-order valence-corrected chi connectivity index (χ1v) is 7.31. The van der Waals surface area contributed by atoms with E-state index in [2.05, 4.69) is 4.98 Å². The summed E-state index contributed by atoms with van der Waals surface area (Å²) in [5.41, 5.74) is 4.25. The molecule has 118 valence electrons. The molecular formula is C18H17NO4. The number of rotatable bonds is 5. The Bertz CT molecular complexity index is 867. The highest BCUT2D eigenvalue weighted by Crippen LogP contribution is 2.26. The molecule has 0 aliphatic heterocycles. The van der Waals surface area contributed by atoms with Gasteiger partial charge in [-0.15, -0.1) is 0 Å². The largest absolute Gasteiger partial charge is 0.489 e. The molecule has 0 spiro atoms. The lowest BCUT2D eigenvalue weighted by atomic mass is 10.1. The van der Waals surface area contributed by atoms with Crippen molar-refractivity contribution in [3.05, 3.63) is 59.1 Å². The summed E-state index contributed by atoms with van der Waals surface area (Å²) in [7, 11) is 0. The third-order valence-corrected chi connectivity index (χ3v) is 3.70. The third-order valence-electron chi connectivity index (χ3n) is 3.70. The molecule has 0 saturated carbocycles. The van der Waals surface area contributed by atoms with E-state index in [0.29, 0.717) is 23.5 Å². The van der Waals surface area contributed by atoms with E-state index in [1.165, 1.54) is 6.26 Å². The van der Waals surface area contributed by atoms with Crippen molar-refractivity contribution in [1.82, 2.24) is 4.98 Å². The van der Waals surface area contributed by atoms with E-state index in [1.807, 2.05) is 38.1 Å². The Morgan fingerprint density at radius 3 is 2.78 bits per heavy atom. The number of pyridine rings is 1. The Morgan fingerprint density at radius 1 is 1.22 bits per heavy atom. The highest BCUT2D eigenvalue weighted by Gasteiger charge is 2.10. The van der Waals surface area contributed by atoms with Gasteiger partial charge in [0.05, 0.1) is 12.7 Å². The quantitative estimate of drug-likeness (QED) is 0.778. The number of hydrogen-bond donors (Lipinski definition) is 1. The minimum Gasteiger partial charge on any atom is -0.489 e. The second-order valence-corrected chi connectivity index (χ2v) is 5.48. The number of carboxylic acids is 1. The van der Waals surface area contributed by atoms with Crippen LogP contribution in [0.5, 0.6) is 5.75 Å². The average Bonchev–Trinajstić information content (AvgIpc) is 2.88. The molecule has 2 aromatic heterocycles. The first-order valence-electron chi connectivity index (χ1n) is 7.31. The van der Waals surface area contributed by atoms with Crippen LogP contribution >= 0.6 is 0 Å². The van der Waals surface area contributed by atoms with Crippen LogP contribution in [0.3, 0.4) is 0 Å². The van der Waals surface area contributed by atoms with E-state index in [4.69, 9.17) is 14.3 Å². The fourth-order valence-electron chi connectivity index (χ4n) is 2.48. The number of furan rings is 1. The number of aromatic nitrogens is 1. The first kappa shape index (κ1) is 15.1. The standard InChI is InChI=1S/C18H17NO4/c1-11-3-4-13(12(2)19-11)9-22-15-5-6-16-14(7-18(20)21)10-23-17(16)8-15/h3-6,8,10H,7,9H2,1-2H3,(H,20,21). The van der Waals surface area contributed by atoms with Crippen LogP contribution in [0.4, 0.5) is 0 Å². The normalized spacial score (nSPS) is 10.9. The van der Waals surface area contributed by atoms with Crippen LogP contribution in [0.15, 0.2) is 41.0 Å². The van der Waals surface area contributed by atoms with Gasteiger partial charge in [-0.3, -0.25) is 9.78 Å². The molecule has 5 nitrogen and oxygen atoms in total. The topological polar surface area (TPSA) is 72.6 Å². The molecule has 3 rings (SSSR count). The Morgan fingerprint density at radius 2 is 2.04 bits per heavy atom. The van der Waals surface area contributed by atoms with E-state index in [1.54, 1.807) is 6.07 Å². The molecule has 0 saturated heterocycles. The number of aliphatic carboxylic acids is 1. The molecule has 0 fully saturated rings. The lowest BCUT2D eigenvalue weighted by Gasteiger charge is -2.09. The fourth-order valence-corrected chi connectivity index (χ4v) is 2.48. The van der Waals surface area contributed by atoms with E-state index in [-0.39, 0.29) is 6.42 Å². The smallest absolute Gasteiger partial charge is 0.307 e. The van der Waals surface area contributed by atoms with E-state index in [9.17, 15) is 4.79 Å². The van der Waals surface area contributed by atoms with Crippen LogP contribution in [0.2, 0.25) is 0 Å². The summed E-state index contributed by atoms with van der Waals surface area (Å²) in [6.07, 6.45) is 1.43. The van der Waals surface area contributed by atoms with E-state index < -0.39 is 5.97 Å². The summed E-state index contributed by atoms with van der Waals surface area (Å²) >= 11 is 0. The molecule has 1 N–H and O–H groups in total. The van der Waals surface area contributed by atoms with Gasteiger partial charge in [0.1, 0.15) is 17.9 Å². The number of hydrogen-bond acceptors (Lipinski definition) is 4. The van der Waals surface area contributed by atoms with Crippen LogP contribution in [0.25, 0.3) is 11.0 Å². The summed E-state index contributed by atoms with van der Waals surface area (Å²) in [4.78, 5) is 15.2. The van der Waals surface area contributed by atoms with Crippen LogP contribution in [-0.2, 0) is 17.8 Å². The number of aryl methyl sites for hydroxylation is 2. The van der Waals surface area contributed by atoms with Gasteiger partial charge in [-0.1, -0.05) is 6.07 Å². The molecule has 0 aliphatic rings. The zero-order valence-corrected chi connectivity index (χ0v) is 13.0. The minimum absolute atomic E-state index is 0.0541. The molecule has 0 aliphatic carbocycles. The lowest BCUT2D eigenvalue weighted by Crippen LogP contribution is -2.00. The zero-order valence-electron chi connectivity index (χ0n) is 13.0. The molecule has 23 heavy (non-hydrogen) atoms. The van der Waals surface area contributed by atoms with Gasteiger partial charge in [-0.05, 0) is 32.0 Å². The predicted octanol–water partition coefficient (Wildman–Crippen LogP) is 3.65. The van der Waals surface area contributed by atoms with Crippen molar-refractivity contribution in [2.24, 2.45) is 0 Å². The van der Waals surface area contributed by atoms with Crippen molar-refractivity contribution < 1.29 is 19.1 Å². The molecular weight excluding hydrogens is 294 g/mol. The van der Waals surface area contributed by atoms with Gasteiger partial charge in [0, 0.05) is 34.0 Å². The molecule has 3 aromatic rings. The van der Waals surface area contributed by atoms with E-state index >= 15 is 0 Å². The van der Waals surface area contributed by atoms with Crippen molar-refractivity contribution in [2.45, 2.75) is 26.9 Å². The van der Waals surface area contributed by atoms with Gasteiger partial charge in [0.15, 0.2) is 0 Å². The molecule has 5 heteroatoms. The molecule has 0 radical (unpaired) electrons. The predicted molar refractivity (Wildman–Crippen MR) is 85.6 cm³/mol. The third kappa shape index (κ3) is 3.34. The van der Waals surface area contributed by atoms with Gasteiger partial charge in [-0.25, -0.2) is 0 Å². The zero-order chi connectivity index (χ0) is 16.4. The number of carbonyl (C=O) groups is 1. The van der Waals surface area contributed by atoms with Gasteiger partial charge in [0.25, 0.3) is 0 Å². The van der Waals surface area contributed by atoms with Gasteiger partial charge in [0.2, 0.25) is 0 Å². The van der Waals surface area contributed by atoms with Crippen molar-refractivity contribution in [3.63, 3.8) is 0 Å². The Kier molecular flexibility index (Phi) is 4.02. The molecule has 0 bridgehead atoms. The van der Waals surface area contributed by atoms with Crippen LogP contribution in [-0.4, -0.2) is 16.1 Å². The maximum Gasteiger partial charge on any atom is 0.307 e. The highest BCUT2D eigenvalue weighted by molar-refractivity contribution is 5.86. The molecule has 2 heterocycles. The fraction of sp³-hybridized carbons (Fsp3) is 0.222. The summed E-state index contributed by atoms with van der Waals surface area (Å²) in [6.45, 7) is 4.34. The van der Waals surface area contributed by atoms with E-state index in [0.717, 1.165) is 22.3 Å². The maximum atomic E-state index is 10.8. The summed E-state index contributed by atoms with van der Waals surface area (Å²) in [6, 6.07) is 9.39. The van der Waals surface area contributed by atoms with Gasteiger partial charge >= 0.3 is 5.97 Å². The van der Waals surface area contributed by atoms with Gasteiger partial charge < -0.3 is 14.3 Å².